The fourth-order valence-electron chi connectivity index (χ4n) is 3.37. The molecule has 0 N–H and O–H groups in total. The first-order chi connectivity index (χ1) is 12.6. The van der Waals surface area contributed by atoms with Gasteiger partial charge in [-0.3, -0.25) is 9.59 Å². The molecule has 0 fully saturated rings. The fourth-order valence-corrected chi connectivity index (χ4v) is 3.37. The first kappa shape index (κ1) is 16.6. The molecule has 136 valence electrons. The lowest BCUT2D eigenvalue weighted by atomic mass is 10.0. The third-order valence-corrected chi connectivity index (χ3v) is 4.82. The molecule has 2 aliphatic rings. The monoisotopic (exact) mass is 356 g/mol. The van der Waals surface area contributed by atoms with Crippen molar-refractivity contribution in [3.8, 4) is 11.5 Å². The van der Waals surface area contributed by atoms with Crippen molar-refractivity contribution in [1.29, 1.82) is 0 Å². The standard InChI is InChI=1S/C18H20N4O4/c1-12-18-20-19-11-21(18)6-7-22(12)17(24)5-3-14(23)13-2-4-15-16(10-13)26-9-8-25-15/h2,4,10-12H,3,5-9H2,1H3. The van der Waals surface area contributed by atoms with E-state index in [9.17, 15) is 9.59 Å². The number of hydrogen-bond donors (Lipinski definition) is 0. The highest BCUT2D eigenvalue weighted by atomic mass is 16.6. The van der Waals surface area contributed by atoms with Gasteiger partial charge >= 0.3 is 0 Å². The molecule has 1 unspecified atom stereocenters. The van der Waals surface area contributed by atoms with Crippen LogP contribution in [0.3, 0.4) is 0 Å². The molecule has 0 spiro atoms. The molecule has 2 aliphatic heterocycles. The molecular formula is C18H20N4O4. The second-order valence-corrected chi connectivity index (χ2v) is 6.43. The van der Waals surface area contributed by atoms with Crippen LogP contribution < -0.4 is 9.47 Å². The first-order valence-corrected chi connectivity index (χ1v) is 8.73. The van der Waals surface area contributed by atoms with E-state index < -0.39 is 0 Å². The molecule has 2 aromatic rings. The van der Waals surface area contributed by atoms with Gasteiger partial charge in [-0.1, -0.05) is 0 Å². The van der Waals surface area contributed by atoms with Gasteiger partial charge in [-0.05, 0) is 25.1 Å². The second-order valence-electron chi connectivity index (χ2n) is 6.43. The van der Waals surface area contributed by atoms with Crippen LogP contribution in [0.2, 0.25) is 0 Å². The average Bonchev–Trinajstić information content (AvgIpc) is 3.15. The summed E-state index contributed by atoms with van der Waals surface area (Å²) in [6.07, 6.45) is 2.01. The Kier molecular flexibility index (Phi) is 4.32. The zero-order chi connectivity index (χ0) is 18.1. The van der Waals surface area contributed by atoms with Gasteiger partial charge in [0.15, 0.2) is 23.1 Å². The number of aromatic nitrogens is 3. The minimum Gasteiger partial charge on any atom is -0.486 e. The summed E-state index contributed by atoms with van der Waals surface area (Å²) in [5, 5.41) is 7.98. The number of amides is 1. The van der Waals surface area contributed by atoms with Crippen molar-refractivity contribution in [3.63, 3.8) is 0 Å². The molecule has 0 saturated carbocycles. The van der Waals surface area contributed by atoms with Gasteiger partial charge in [0.1, 0.15) is 19.5 Å². The predicted molar refractivity (Wildman–Crippen MR) is 91.1 cm³/mol. The molecule has 1 atom stereocenters. The van der Waals surface area contributed by atoms with Gasteiger partial charge < -0.3 is 18.9 Å². The normalized spacial score (nSPS) is 18.3. The van der Waals surface area contributed by atoms with E-state index in [1.165, 1.54) is 0 Å². The number of ketones is 1. The molecule has 1 aromatic heterocycles. The van der Waals surface area contributed by atoms with E-state index in [2.05, 4.69) is 10.2 Å². The maximum atomic E-state index is 12.6. The minimum atomic E-state index is -0.136. The Bertz CT molecular complexity index is 847. The number of carbonyl (C=O) groups excluding carboxylic acids is 2. The Morgan fingerprint density at radius 2 is 1.96 bits per heavy atom. The van der Waals surface area contributed by atoms with E-state index >= 15 is 0 Å². The summed E-state index contributed by atoms with van der Waals surface area (Å²) in [7, 11) is 0. The van der Waals surface area contributed by atoms with Crippen LogP contribution in [0, 0.1) is 0 Å². The van der Waals surface area contributed by atoms with Crippen molar-refractivity contribution in [2.45, 2.75) is 32.4 Å². The van der Waals surface area contributed by atoms with Crippen LogP contribution in [0.5, 0.6) is 11.5 Å². The van der Waals surface area contributed by atoms with Crippen LogP contribution in [-0.4, -0.2) is 51.1 Å². The first-order valence-electron chi connectivity index (χ1n) is 8.73. The van der Waals surface area contributed by atoms with Crippen LogP contribution in [0.4, 0.5) is 0 Å². The summed E-state index contributed by atoms with van der Waals surface area (Å²) >= 11 is 0. The van der Waals surface area contributed by atoms with Gasteiger partial charge in [-0.15, -0.1) is 10.2 Å². The minimum absolute atomic E-state index is 0.0438. The highest BCUT2D eigenvalue weighted by Crippen LogP contribution is 2.31. The van der Waals surface area contributed by atoms with Crippen LogP contribution in [0.15, 0.2) is 24.5 Å². The maximum Gasteiger partial charge on any atom is 0.223 e. The van der Waals surface area contributed by atoms with Crippen molar-refractivity contribution >= 4 is 11.7 Å². The fraction of sp³-hybridized carbons (Fsp3) is 0.444. The van der Waals surface area contributed by atoms with Crippen LogP contribution in [0.25, 0.3) is 0 Å². The Labute approximate surface area is 150 Å². The Hall–Kier alpha value is -2.90. The lowest BCUT2D eigenvalue weighted by Gasteiger charge is -2.33. The number of rotatable bonds is 4. The van der Waals surface area contributed by atoms with Crippen molar-refractivity contribution < 1.29 is 19.1 Å². The maximum absolute atomic E-state index is 12.6. The summed E-state index contributed by atoms with van der Waals surface area (Å²) in [6, 6.07) is 5.01. The Balaban J connectivity index is 1.38. The molecule has 0 saturated heterocycles. The zero-order valence-corrected chi connectivity index (χ0v) is 14.6. The van der Waals surface area contributed by atoms with E-state index in [0.29, 0.717) is 43.4 Å². The third-order valence-electron chi connectivity index (χ3n) is 4.82. The number of nitrogens with zero attached hydrogens (tertiary/aromatic N) is 4. The predicted octanol–water partition coefficient (Wildman–Crippen LogP) is 1.62. The van der Waals surface area contributed by atoms with E-state index in [-0.39, 0.29) is 30.6 Å². The third kappa shape index (κ3) is 3.02. The lowest BCUT2D eigenvalue weighted by molar-refractivity contribution is -0.134. The summed E-state index contributed by atoms with van der Waals surface area (Å²) < 4.78 is 12.9. The highest BCUT2D eigenvalue weighted by Gasteiger charge is 2.29. The lowest BCUT2D eigenvalue weighted by Crippen LogP contribution is -2.41. The molecule has 0 radical (unpaired) electrons. The summed E-state index contributed by atoms with van der Waals surface area (Å²) in [5.74, 6) is 1.89. The number of benzene rings is 1. The van der Waals surface area contributed by atoms with Crippen molar-refractivity contribution in [1.82, 2.24) is 19.7 Å². The molecule has 1 aromatic carbocycles. The number of hydrogen-bond acceptors (Lipinski definition) is 6. The number of carbonyl (C=O) groups is 2. The summed E-state index contributed by atoms with van der Waals surface area (Å²) in [5.41, 5.74) is 0.536. The Morgan fingerprint density at radius 1 is 1.15 bits per heavy atom. The molecule has 8 nitrogen and oxygen atoms in total. The topological polar surface area (TPSA) is 86.6 Å². The van der Waals surface area contributed by atoms with E-state index in [1.807, 2.05) is 11.5 Å². The number of ether oxygens (including phenoxy) is 2. The van der Waals surface area contributed by atoms with Crippen LogP contribution in [0.1, 0.15) is 42.0 Å². The van der Waals surface area contributed by atoms with Gasteiger partial charge in [0.05, 0.1) is 6.04 Å². The molecule has 8 heteroatoms. The highest BCUT2D eigenvalue weighted by molar-refractivity contribution is 5.98. The molecule has 4 rings (SSSR count). The van der Waals surface area contributed by atoms with E-state index in [0.717, 1.165) is 5.82 Å². The molecule has 0 bridgehead atoms. The number of fused-ring (bicyclic) bond motifs is 2. The van der Waals surface area contributed by atoms with Crippen molar-refractivity contribution in [2.75, 3.05) is 19.8 Å². The van der Waals surface area contributed by atoms with Crippen LogP contribution >= 0.6 is 0 Å². The summed E-state index contributed by atoms with van der Waals surface area (Å²) in [6.45, 7) is 4.19. The van der Waals surface area contributed by atoms with Gasteiger partial charge in [-0.25, -0.2) is 0 Å². The van der Waals surface area contributed by atoms with Gasteiger partial charge in [-0.2, -0.15) is 0 Å². The smallest absolute Gasteiger partial charge is 0.223 e. The van der Waals surface area contributed by atoms with Gasteiger partial charge in [0, 0.05) is 31.5 Å². The molecule has 3 heterocycles. The second kappa shape index (κ2) is 6.78. The molecule has 26 heavy (non-hydrogen) atoms. The van der Waals surface area contributed by atoms with Crippen molar-refractivity contribution in [2.24, 2.45) is 0 Å². The quantitative estimate of drug-likeness (QED) is 0.774. The zero-order valence-electron chi connectivity index (χ0n) is 14.6. The largest absolute Gasteiger partial charge is 0.486 e. The summed E-state index contributed by atoms with van der Waals surface area (Å²) in [4.78, 5) is 26.8. The number of Topliss-reactive ketones (excluding diaryl/α,β-unsaturated/α-hetero) is 1. The van der Waals surface area contributed by atoms with Gasteiger partial charge in [0.25, 0.3) is 0 Å². The van der Waals surface area contributed by atoms with E-state index in [1.54, 1.807) is 29.4 Å². The molecular weight excluding hydrogens is 336 g/mol. The SMILES string of the molecule is CC1c2nncn2CCN1C(=O)CCC(=O)c1ccc2c(c1)OCCO2. The molecule has 0 aliphatic carbocycles. The van der Waals surface area contributed by atoms with E-state index in [4.69, 9.17) is 9.47 Å². The van der Waals surface area contributed by atoms with Gasteiger partial charge in [0.2, 0.25) is 5.91 Å². The average molecular weight is 356 g/mol. The van der Waals surface area contributed by atoms with Crippen molar-refractivity contribution in [3.05, 3.63) is 35.9 Å². The Morgan fingerprint density at radius 3 is 2.81 bits per heavy atom. The molecule has 1 amide bonds. The van der Waals surface area contributed by atoms with Crippen LogP contribution in [-0.2, 0) is 11.3 Å².